The average Bonchev–Trinajstić information content (AvgIpc) is 3.34. The van der Waals surface area contributed by atoms with Crippen LogP contribution in [0.15, 0.2) is 30.5 Å². The molecule has 0 saturated carbocycles. The van der Waals surface area contributed by atoms with Crippen molar-refractivity contribution in [2.24, 2.45) is 5.41 Å². The van der Waals surface area contributed by atoms with E-state index in [0.717, 1.165) is 30.4 Å². The fourth-order valence-electron chi connectivity index (χ4n) is 5.41. The van der Waals surface area contributed by atoms with Crippen LogP contribution in [0.25, 0.3) is 5.57 Å². The molecular formula is C28H36N4O4. The Morgan fingerprint density at radius 3 is 2.47 bits per heavy atom. The van der Waals surface area contributed by atoms with E-state index in [-0.39, 0.29) is 36.1 Å². The lowest BCUT2D eigenvalue weighted by Gasteiger charge is -2.47. The molecule has 0 unspecified atom stereocenters. The molecule has 1 aliphatic heterocycles. The van der Waals surface area contributed by atoms with Crippen LogP contribution in [0, 0.1) is 16.7 Å². The first-order chi connectivity index (χ1) is 17.0. The molecule has 1 aliphatic carbocycles. The van der Waals surface area contributed by atoms with Crippen molar-refractivity contribution >= 4 is 17.2 Å². The van der Waals surface area contributed by atoms with E-state index in [1.807, 2.05) is 32.0 Å². The molecule has 192 valence electrons. The Labute approximate surface area is 212 Å². The van der Waals surface area contributed by atoms with Gasteiger partial charge in [-0.1, -0.05) is 26.0 Å². The van der Waals surface area contributed by atoms with E-state index in [1.165, 1.54) is 11.8 Å². The molecule has 0 spiro atoms. The smallest absolute Gasteiger partial charge is 0.291 e. The zero-order chi connectivity index (χ0) is 26.1. The van der Waals surface area contributed by atoms with E-state index in [0.29, 0.717) is 18.5 Å². The molecule has 4 rings (SSSR count). The first kappa shape index (κ1) is 26.1. The van der Waals surface area contributed by atoms with E-state index in [1.54, 1.807) is 0 Å². The Kier molecular flexibility index (Phi) is 7.11. The Bertz CT molecular complexity index is 1190. The largest absolute Gasteiger partial charge is 0.393 e. The van der Waals surface area contributed by atoms with Crippen LogP contribution in [-0.4, -0.2) is 50.5 Å². The van der Waals surface area contributed by atoms with Crippen molar-refractivity contribution in [2.45, 2.75) is 76.9 Å². The Hall–Kier alpha value is -2.99. The monoisotopic (exact) mass is 492 g/mol. The topological polar surface area (TPSA) is 131 Å². The van der Waals surface area contributed by atoms with Gasteiger partial charge in [-0.05, 0) is 80.6 Å². The van der Waals surface area contributed by atoms with Crippen LogP contribution >= 0.6 is 0 Å². The van der Waals surface area contributed by atoms with Gasteiger partial charge >= 0.3 is 0 Å². The third-order valence-corrected chi connectivity index (χ3v) is 7.51. The van der Waals surface area contributed by atoms with Gasteiger partial charge in [0.1, 0.15) is 6.07 Å². The number of nitrogens with zero attached hydrogens (tertiary/aromatic N) is 2. The molecule has 0 radical (unpaired) electrons. The van der Waals surface area contributed by atoms with Crippen molar-refractivity contribution in [3.8, 4) is 6.07 Å². The molecule has 0 bridgehead atoms. The van der Waals surface area contributed by atoms with Gasteiger partial charge in [0.15, 0.2) is 11.5 Å². The van der Waals surface area contributed by atoms with Gasteiger partial charge in [-0.25, -0.2) is 4.98 Å². The number of nitriles is 1. The van der Waals surface area contributed by atoms with Crippen molar-refractivity contribution in [1.29, 1.82) is 5.26 Å². The van der Waals surface area contributed by atoms with E-state index < -0.39 is 17.1 Å². The number of anilines is 1. The highest BCUT2D eigenvalue weighted by molar-refractivity contribution is 6.03. The predicted molar refractivity (Wildman–Crippen MR) is 137 cm³/mol. The van der Waals surface area contributed by atoms with Crippen LogP contribution in [-0.2, 0) is 4.74 Å². The van der Waals surface area contributed by atoms with E-state index in [4.69, 9.17) is 10.00 Å². The van der Waals surface area contributed by atoms with Gasteiger partial charge in [0.2, 0.25) is 0 Å². The molecule has 8 heteroatoms. The third kappa shape index (κ3) is 5.54. The van der Waals surface area contributed by atoms with E-state index in [2.05, 4.69) is 41.3 Å². The van der Waals surface area contributed by atoms with Crippen LogP contribution in [0.5, 0.6) is 0 Å². The maximum atomic E-state index is 12.9. The summed E-state index contributed by atoms with van der Waals surface area (Å²) in [6.45, 7) is 8.02. The fourth-order valence-corrected chi connectivity index (χ4v) is 5.41. The minimum absolute atomic E-state index is 0.0699. The molecule has 1 saturated heterocycles. The number of ether oxygens (including phenoxy) is 1. The molecule has 8 nitrogen and oxygen atoms in total. The molecule has 2 heterocycles. The van der Waals surface area contributed by atoms with Gasteiger partial charge in [-0.2, -0.15) is 5.26 Å². The summed E-state index contributed by atoms with van der Waals surface area (Å²) in [5, 5.41) is 32.1. The van der Waals surface area contributed by atoms with Crippen LogP contribution in [0.2, 0.25) is 0 Å². The van der Waals surface area contributed by atoms with Crippen LogP contribution in [0.3, 0.4) is 0 Å². The van der Waals surface area contributed by atoms with Crippen LogP contribution in [0.1, 0.15) is 93.2 Å². The number of carbonyl (C=O) groups is 1. The quantitative estimate of drug-likeness (QED) is 0.469. The maximum Gasteiger partial charge on any atom is 0.291 e. The maximum absolute atomic E-state index is 12.9. The number of rotatable bonds is 6. The standard InChI is InChI=1S/C28H36N4O4/c1-26(2)9-7-18(8-10-26)22-11-19(20-12-27(3,16-33)36-28(4,13-20)17-34)5-6-23(22)32-25(35)24-30-15-21(14-29)31-24/h5-7,11,15,20,33-34H,8-10,12-13,16-17H2,1-4H3,(H,30,31)(H,32,35)/t20-,27-,28+. The first-order valence-corrected chi connectivity index (χ1v) is 12.5. The Morgan fingerprint density at radius 2 is 1.92 bits per heavy atom. The minimum atomic E-state index is -0.751. The highest BCUT2D eigenvalue weighted by Gasteiger charge is 2.44. The summed E-state index contributed by atoms with van der Waals surface area (Å²) < 4.78 is 6.12. The molecule has 36 heavy (non-hydrogen) atoms. The fraction of sp³-hybridized carbons (Fsp3) is 0.536. The summed E-state index contributed by atoms with van der Waals surface area (Å²) in [5.41, 5.74) is 2.81. The number of benzene rings is 1. The molecule has 1 fully saturated rings. The lowest BCUT2D eigenvalue weighted by Crippen LogP contribution is -2.51. The van der Waals surface area contributed by atoms with Gasteiger partial charge in [0, 0.05) is 17.4 Å². The van der Waals surface area contributed by atoms with Crippen LogP contribution < -0.4 is 5.32 Å². The van der Waals surface area contributed by atoms with Crippen molar-refractivity contribution in [3.05, 3.63) is 53.1 Å². The average molecular weight is 493 g/mol. The summed E-state index contributed by atoms with van der Waals surface area (Å²) in [6, 6.07) is 7.98. The molecule has 3 atom stereocenters. The number of hydrogen-bond donors (Lipinski definition) is 4. The SMILES string of the molecule is CC1(C)CC=C(c2cc([C@@H]3C[C@](C)(CO)O[C@](C)(CO)C3)ccc2NC(=O)c2nc(C#N)c[nH]2)CC1. The highest BCUT2D eigenvalue weighted by Crippen LogP contribution is 2.46. The number of nitrogens with one attached hydrogen (secondary N) is 2. The lowest BCUT2D eigenvalue weighted by molar-refractivity contribution is -0.208. The minimum Gasteiger partial charge on any atom is -0.393 e. The molecule has 1 aromatic carbocycles. The number of amides is 1. The second-order valence-electron chi connectivity index (χ2n) is 11.5. The number of carbonyl (C=O) groups excluding carboxylic acids is 1. The number of aliphatic hydroxyl groups excluding tert-OH is 2. The number of aromatic amines is 1. The van der Waals surface area contributed by atoms with Crippen molar-refractivity contribution in [3.63, 3.8) is 0 Å². The van der Waals surface area contributed by atoms with Gasteiger partial charge in [0.25, 0.3) is 5.91 Å². The number of aliphatic hydroxyl groups is 2. The summed E-state index contributed by atoms with van der Waals surface area (Å²) in [6.07, 6.45) is 7.81. The molecule has 4 N–H and O–H groups in total. The molecule has 2 aromatic rings. The molecule has 1 aromatic heterocycles. The summed E-state index contributed by atoms with van der Waals surface area (Å²) in [4.78, 5) is 19.7. The first-order valence-electron chi connectivity index (χ1n) is 12.5. The Morgan fingerprint density at radius 1 is 1.22 bits per heavy atom. The number of allylic oxidation sites excluding steroid dienone is 2. The number of imidazole rings is 1. The number of hydrogen-bond acceptors (Lipinski definition) is 6. The predicted octanol–water partition coefficient (Wildman–Crippen LogP) is 4.52. The van der Waals surface area contributed by atoms with Gasteiger partial charge in [0.05, 0.1) is 24.4 Å². The summed E-state index contributed by atoms with van der Waals surface area (Å²) >= 11 is 0. The lowest BCUT2D eigenvalue weighted by atomic mass is 9.74. The second kappa shape index (κ2) is 9.81. The van der Waals surface area contributed by atoms with Gasteiger partial charge in [-0.3, -0.25) is 4.79 Å². The summed E-state index contributed by atoms with van der Waals surface area (Å²) in [5.74, 6) is -0.253. The molecular weight excluding hydrogens is 456 g/mol. The Balaban J connectivity index is 1.71. The van der Waals surface area contributed by atoms with E-state index in [9.17, 15) is 15.0 Å². The van der Waals surface area contributed by atoms with Gasteiger partial charge in [-0.15, -0.1) is 0 Å². The second-order valence-corrected chi connectivity index (χ2v) is 11.5. The van der Waals surface area contributed by atoms with Gasteiger partial charge < -0.3 is 25.3 Å². The van der Waals surface area contributed by atoms with Crippen LogP contribution in [0.4, 0.5) is 5.69 Å². The number of H-pyrrole nitrogens is 1. The third-order valence-electron chi connectivity index (χ3n) is 7.51. The zero-order valence-electron chi connectivity index (χ0n) is 21.5. The number of aromatic nitrogens is 2. The summed E-state index contributed by atoms with van der Waals surface area (Å²) in [7, 11) is 0. The zero-order valence-corrected chi connectivity index (χ0v) is 21.5. The van der Waals surface area contributed by atoms with Crippen molar-refractivity contribution < 1.29 is 19.7 Å². The molecule has 2 aliphatic rings. The molecule has 1 amide bonds. The van der Waals surface area contributed by atoms with E-state index >= 15 is 0 Å². The van der Waals surface area contributed by atoms with Crippen molar-refractivity contribution in [2.75, 3.05) is 18.5 Å². The normalized spacial score (nSPS) is 27.7. The highest BCUT2D eigenvalue weighted by atomic mass is 16.5. The van der Waals surface area contributed by atoms with Crippen molar-refractivity contribution in [1.82, 2.24) is 9.97 Å².